The normalized spacial score (nSPS) is 10.5. The Hall–Kier alpha value is -2.10. The number of ether oxygens (including phenoxy) is 1. The highest BCUT2D eigenvalue weighted by atomic mass is 16.5. The Morgan fingerprint density at radius 3 is 2.67 bits per heavy atom. The third-order valence-electron chi connectivity index (χ3n) is 3.16. The zero-order chi connectivity index (χ0) is 15.2. The zero-order valence-corrected chi connectivity index (χ0v) is 13.2. The van der Waals surface area contributed by atoms with Gasteiger partial charge < -0.3 is 10.1 Å². The van der Waals surface area contributed by atoms with Gasteiger partial charge in [-0.25, -0.2) is 9.97 Å². The highest BCUT2D eigenvalue weighted by molar-refractivity contribution is 5.37. The molecule has 0 unspecified atom stereocenters. The molecule has 2 rings (SSSR count). The Morgan fingerprint density at radius 1 is 1.10 bits per heavy atom. The van der Waals surface area contributed by atoms with Crippen molar-refractivity contribution in [3.63, 3.8) is 0 Å². The highest BCUT2D eigenvalue weighted by Gasteiger charge is 2.05. The van der Waals surface area contributed by atoms with Gasteiger partial charge in [-0.3, -0.25) is 0 Å². The fraction of sp³-hybridized carbons (Fsp3) is 0.412. The topological polar surface area (TPSA) is 47.0 Å². The highest BCUT2D eigenvalue weighted by Crippen LogP contribution is 2.20. The van der Waals surface area contributed by atoms with E-state index in [4.69, 9.17) is 4.74 Å². The molecule has 0 aliphatic rings. The standard InChI is InChI=1S/C17H23N3O/c1-5-8-18-16-10-14(4)19-17(20-16)11-21-15-9-12(2)6-7-13(15)3/h6-7,9-10H,5,8,11H2,1-4H3,(H,18,19,20). The quantitative estimate of drug-likeness (QED) is 0.877. The van der Waals surface area contributed by atoms with E-state index >= 15 is 0 Å². The molecule has 1 N–H and O–H groups in total. The summed E-state index contributed by atoms with van der Waals surface area (Å²) < 4.78 is 5.87. The van der Waals surface area contributed by atoms with Gasteiger partial charge in [0.2, 0.25) is 0 Å². The van der Waals surface area contributed by atoms with Gasteiger partial charge in [0.15, 0.2) is 5.82 Å². The monoisotopic (exact) mass is 285 g/mol. The van der Waals surface area contributed by atoms with Crippen molar-refractivity contribution in [1.82, 2.24) is 9.97 Å². The average Bonchev–Trinajstić information content (AvgIpc) is 2.45. The van der Waals surface area contributed by atoms with Crippen LogP contribution in [-0.2, 0) is 6.61 Å². The molecular formula is C17H23N3O. The smallest absolute Gasteiger partial charge is 0.168 e. The molecule has 0 aliphatic carbocycles. The van der Waals surface area contributed by atoms with E-state index in [2.05, 4.69) is 41.3 Å². The van der Waals surface area contributed by atoms with E-state index in [1.165, 1.54) is 5.56 Å². The van der Waals surface area contributed by atoms with Crippen LogP contribution in [0.5, 0.6) is 5.75 Å². The number of nitrogens with one attached hydrogen (secondary N) is 1. The maximum atomic E-state index is 5.87. The summed E-state index contributed by atoms with van der Waals surface area (Å²) in [7, 11) is 0. The summed E-state index contributed by atoms with van der Waals surface area (Å²) in [5.41, 5.74) is 3.26. The van der Waals surface area contributed by atoms with Crippen LogP contribution in [0.2, 0.25) is 0 Å². The lowest BCUT2D eigenvalue weighted by Gasteiger charge is -2.11. The van der Waals surface area contributed by atoms with Crippen LogP contribution in [-0.4, -0.2) is 16.5 Å². The molecule has 21 heavy (non-hydrogen) atoms. The van der Waals surface area contributed by atoms with Crippen molar-refractivity contribution < 1.29 is 4.74 Å². The molecule has 0 atom stereocenters. The van der Waals surface area contributed by atoms with Crippen LogP contribution in [0.3, 0.4) is 0 Å². The Balaban J connectivity index is 2.08. The lowest BCUT2D eigenvalue weighted by molar-refractivity contribution is 0.293. The molecular weight excluding hydrogens is 262 g/mol. The van der Waals surface area contributed by atoms with E-state index in [-0.39, 0.29) is 0 Å². The molecule has 2 aromatic rings. The maximum absolute atomic E-state index is 5.87. The summed E-state index contributed by atoms with van der Waals surface area (Å²) in [6, 6.07) is 8.15. The van der Waals surface area contributed by atoms with E-state index in [1.54, 1.807) is 0 Å². The van der Waals surface area contributed by atoms with Gasteiger partial charge in [0.1, 0.15) is 18.2 Å². The molecule has 1 aromatic carbocycles. The molecule has 0 amide bonds. The van der Waals surface area contributed by atoms with Crippen LogP contribution in [0.25, 0.3) is 0 Å². The second-order valence-electron chi connectivity index (χ2n) is 5.30. The number of rotatable bonds is 6. The average molecular weight is 285 g/mol. The van der Waals surface area contributed by atoms with Crippen LogP contribution >= 0.6 is 0 Å². The van der Waals surface area contributed by atoms with Gasteiger partial charge >= 0.3 is 0 Å². The zero-order valence-electron chi connectivity index (χ0n) is 13.2. The first kappa shape index (κ1) is 15.3. The SMILES string of the molecule is CCCNc1cc(C)nc(COc2cc(C)ccc2C)n1. The minimum atomic E-state index is 0.382. The molecule has 112 valence electrons. The molecule has 1 heterocycles. The number of hydrogen-bond acceptors (Lipinski definition) is 4. The summed E-state index contributed by atoms with van der Waals surface area (Å²) in [5.74, 6) is 2.46. The van der Waals surface area contributed by atoms with Crippen molar-refractivity contribution in [1.29, 1.82) is 0 Å². The largest absolute Gasteiger partial charge is 0.485 e. The van der Waals surface area contributed by atoms with E-state index in [1.807, 2.05) is 26.0 Å². The third kappa shape index (κ3) is 4.45. The molecule has 4 heteroatoms. The Bertz CT molecular complexity index is 611. The van der Waals surface area contributed by atoms with Gasteiger partial charge in [-0.05, 0) is 44.4 Å². The van der Waals surface area contributed by atoms with Crippen molar-refractivity contribution in [2.75, 3.05) is 11.9 Å². The van der Waals surface area contributed by atoms with E-state index in [9.17, 15) is 0 Å². The van der Waals surface area contributed by atoms with E-state index in [0.717, 1.165) is 35.8 Å². The lowest BCUT2D eigenvalue weighted by Crippen LogP contribution is -2.08. The number of benzene rings is 1. The van der Waals surface area contributed by atoms with E-state index < -0.39 is 0 Å². The molecule has 0 spiro atoms. The predicted molar refractivity (Wildman–Crippen MR) is 85.8 cm³/mol. The molecule has 0 saturated heterocycles. The van der Waals surface area contributed by atoms with Crippen molar-refractivity contribution in [2.24, 2.45) is 0 Å². The van der Waals surface area contributed by atoms with Gasteiger partial charge in [-0.1, -0.05) is 19.1 Å². The summed E-state index contributed by atoms with van der Waals surface area (Å²) >= 11 is 0. The lowest BCUT2D eigenvalue weighted by atomic mass is 10.1. The number of hydrogen-bond donors (Lipinski definition) is 1. The van der Waals surface area contributed by atoms with Gasteiger partial charge in [-0.2, -0.15) is 0 Å². The second kappa shape index (κ2) is 7.07. The fourth-order valence-electron chi connectivity index (χ4n) is 2.04. The molecule has 4 nitrogen and oxygen atoms in total. The summed E-state index contributed by atoms with van der Waals surface area (Å²) in [4.78, 5) is 8.92. The number of aryl methyl sites for hydroxylation is 3. The van der Waals surface area contributed by atoms with Gasteiger partial charge in [-0.15, -0.1) is 0 Å². The Kier molecular flexibility index (Phi) is 5.14. The van der Waals surface area contributed by atoms with Crippen molar-refractivity contribution in [3.05, 3.63) is 46.9 Å². The summed E-state index contributed by atoms with van der Waals surface area (Å²) in [5, 5.41) is 3.29. The maximum Gasteiger partial charge on any atom is 0.168 e. The van der Waals surface area contributed by atoms with Crippen LogP contribution in [0.15, 0.2) is 24.3 Å². The molecule has 0 fully saturated rings. The first-order valence-electron chi connectivity index (χ1n) is 7.37. The molecule has 0 saturated carbocycles. The number of nitrogens with zero attached hydrogens (tertiary/aromatic N) is 2. The minimum Gasteiger partial charge on any atom is -0.485 e. The van der Waals surface area contributed by atoms with E-state index in [0.29, 0.717) is 12.4 Å². The van der Waals surface area contributed by atoms with Gasteiger partial charge in [0, 0.05) is 18.3 Å². The van der Waals surface area contributed by atoms with Crippen LogP contribution in [0, 0.1) is 20.8 Å². The van der Waals surface area contributed by atoms with Crippen LogP contribution in [0.4, 0.5) is 5.82 Å². The van der Waals surface area contributed by atoms with Gasteiger partial charge in [0.25, 0.3) is 0 Å². The predicted octanol–water partition coefficient (Wildman–Crippen LogP) is 3.80. The first-order valence-corrected chi connectivity index (χ1v) is 7.37. The van der Waals surface area contributed by atoms with Crippen molar-refractivity contribution in [3.8, 4) is 5.75 Å². The number of aromatic nitrogens is 2. The fourth-order valence-corrected chi connectivity index (χ4v) is 2.04. The van der Waals surface area contributed by atoms with Crippen molar-refractivity contribution >= 4 is 5.82 Å². The summed E-state index contributed by atoms with van der Waals surface area (Å²) in [6.45, 7) is 9.49. The van der Waals surface area contributed by atoms with Crippen LogP contribution < -0.4 is 10.1 Å². The first-order chi connectivity index (χ1) is 10.1. The number of anilines is 1. The Morgan fingerprint density at radius 2 is 1.90 bits per heavy atom. The molecule has 0 radical (unpaired) electrons. The third-order valence-corrected chi connectivity index (χ3v) is 3.16. The van der Waals surface area contributed by atoms with Gasteiger partial charge in [0.05, 0.1) is 0 Å². The van der Waals surface area contributed by atoms with Crippen molar-refractivity contribution in [2.45, 2.75) is 40.7 Å². The summed E-state index contributed by atoms with van der Waals surface area (Å²) in [6.07, 6.45) is 1.07. The molecule has 0 aliphatic heterocycles. The Labute approximate surface area is 126 Å². The minimum absolute atomic E-state index is 0.382. The second-order valence-corrected chi connectivity index (χ2v) is 5.30. The molecule has 1 aromatic heterocycles. The van der Waals surface area contributed by atoms with Crippen LogP contribution in [0.1, 0.15) is 36.0 Å². The molecule has 0 bridgehead atoms.